The molecule has 0 spiro atoms. The van der Waals surface area contributed by atoms with Gasteiger partial charge < -0.3 is 29.6 Å². The number of aromatic nitrogens is 5. The van der Waals surface area contributed by atoms with Gasteiger partial charge in [-0.05, 0) is 25.8 Å². The van der Waals surface area contributed by atoms with E-state index in [1.807, 2.05) is 0 Å². The third-order valence-electron chi connectivity index (χ3n) is 5.75. The molecule has 2 N–H and O–H groups in total. The van der Waals surface area contributed by atoms with E-state index in [0.29, 0.717) is 41.8 Å². The Morgan fingerprint density at radius 1 is 1.16 bits per heavy atom. The molecular formula is C25H31N7O6. The van der Waals surface area contributed by atoms with E-state index in [2.05, 4.69) is 30.9 Å². The van der Waals surface area contributed by atoms with E-state index in [1.165, 1.54) is 13.2 Å². The van der Waals surface area contributed by atoms with Crippen LogP contribution in [0, 0.1) is 5.92 Å². The van der Waals surface area contributed by atoms with Crippen molar-refractivity contribution in [3.63, 3.8) is 0 Å². The van der Waals surface area contributed by atoms with Crippen molar-refractivity contribution in [3.05, 3.63) is 30.2 Å². The molecule has 1 aromatic carbocycles. The number of carbonyl (C=O) groups excluding carboxylic acids is 2. The van der Waals surface area contributed by atoms with E-state index in [0.717, 1.165) is 12.8 Å². The third-order valence-corrected chi connectivity index (χ3v) is 5.75. The number of ether oxygens (including phenoxy) is 4. The molecule has 202 valence electrons. The smallest absolute Gasteiger partial charge is 0.361 e. The fourth-order valence-electron chi connectivity index (χ4n) is 3.70. The maximum atomic E-state index is 12.7. The number of benzene rings is 1. The van der Waals surface area contributed by atoms with Crippen LogP contribution in [0.5, 0.6) is 11.5 Å². The van der Waals surface area contributed by atoms with Crippen molar-refractivity contribution in [1.82, 2.24) is 25.0 Å². The summed E-state index contributed by atoms with van der Waals surface area (Å²) in [6, 6.07) is 5.06. The lowest BCUT2D eigenvalue weighted by molar-refractivity contribution is -0.117. The Labute approximate surface area is 219 Å². The van der Waals surface area contributed by atoms with Gasteiger partial charge in [-0.2, -0.15) is 5.10 Å². The maximum Gasteiger partial charge on any atom is 0.361 e. The predicted octanol–water partition coefficient (Wildman–Crippen LogP) is 2.96. The molecule has 5 rings (SSSR count). The number of anilines is 3. The second-order valence-corrected chi connectivity index (χ2v) is 8.67. The van der Waals surface area contributed by atoms with Crippen LogP contribution in [0.1, 0.15) is 37.7 Å². The van der Waals surface area contributed by atoms with Gasteiger partial charge in [0.2, 0.25) is 5.91 Å². The number of methoxy groups -OCH3 is 1. The molecule has 3 heterocycles. The number of hydrogen-bond acceptors (Lipinski definition) is 11. The summed E-state index contributed by atoms with van der Waals surface area (Å²) < 4.78 is 23.8. The zero-order chi connectivity index (χ0) is 25.9. The van der Waals surface area contributed by atoms with Crippen molar-refractivity contribution in [2.75, 3.05) is 37.6 Å². The van der Waals surface area contributed by atoms with Gasteiger partial charge in [0.05, 0.1) is 43.9 Å². The summed E-state index contributed by atoms with van der Waals surface area (Å²) in [5, 5.41) is 18.4. The molecular weight excluding hydrogens is 494 g/mol. The first-order valence-corrected chi connectivity index (χ1v) is 11.9. The molecule has 1 saturated carbocycles. The van der Waals surface area contributed by atoms with Crippen LogP contribution in [0.2, 0.25) is 0 Å². The maximum absolute atomic E-state index is 12.7. The first-order chi connectivity index (χ1) is 17.9. The van der Waals surface area contributed by atoms with E-state index in [9.17, 15) is 9.59 Å². The van der Waals surface area contributed by atoms with Crippen molar-refractivity contribution < 1.29 is 28.5 Å². The molecule has 2 aliphatic rings. The van der Waals surface area contributed by atoms with Gasteiger partial charge >= 0.3 is 5.97 Å². The molecule has 1 aliphatic carbocycles. The minimum atomic E-state index is -0.665. The van der Waals surface area contributed by atoms with Crippen LogP contribution in [-0.2, 0) is 21.3 Å². The molecule has 0 atom stereocenters. The Balaban J connectivity index is 0.00000336. The number of rotatable bonds is 10. The fourth-order valence-corrected chi connectivity index (χ4v) is 3.70. The summed E-state index contributed by atoms with van der Waals surface area (Å²) >= 11 is 0. The highest BCUT2D eigenvalue weighted by Gasteiger charge is 2.30. The van der Waals surface area contributed by atoms with Crippen molar-refractivity contribution in [1.29, 1.82) is 0 Å². The Morgan fingerprint density at radius 2 is 1.95 bits per heavy atom. The molecule has 38 heavy (non-hydrogen) atoms. The van der Waals surface area contributed by atoms with Gasteiger partial charge in [0.25, 0.3) is 0 Å². The molecule has 1 saturated heterocycles. The second-order valence-electron chi connectivity index (χ2n) is 8.67. The molecule has 13 heteroatoms. The van der Waals surface area contributed by atoms with Gasteiger partial charge in [-0.1, -0.05) is 7.43 Å². The quantitative estimate of drug-likeness (QED) is 0.376. The summed E-state index contributed by atoms with van der Waals surface area (Å²) in [5.41, 5.74) is 1.25. The summed E-state index contributed by atoms with van der Waals surface area (Å²) in [7, 11) is 3.28. The standard InChI is InChI=1S/C24H27N7O6.CH4/c1-4-36-24(33)20-17(9-19(28-29-20)27-23(32)13-5-6-13)26-18-8-14(37-15-10-35-11-15)7-16(21(18)34-3)22-25-12-31(2)30-22;/h7-9,12-13,15H,4-6,10-11H2,1-3H3,(H2,26,27,28,32);1H4. The van der Waals surface area contributed by atoms with Crippen molar-refractivity contribution in [2.45, 2.75) is 33.3 Å². The van der Waals surface area contributed by atoms with Crippen LogP contribution >= 0.6 is 0 Å². The SMILES string of the molecule is C.CCOC(=O)c1nnc(NC(=O)C2CC2)cc1Nc1cc(OC2COC2)cc(-c2ncn(C)n2)c1OC. The number of carbonyl (C=O) groups is 2. The van der Waals surface area contributed by atoms with Gasteiger partial charge in [-0.3, -0.25) is 9.48 Å². The molecule has 3 aromatic rings. The number of nitrogens with one attached hydrogen (secondary N) is 2. The average Bonchev–Trinajstić information content (AvgIpc) is 3.62. The summed E-state index contributed by atoms with van der Waals surface area (Å²) in [4.78, 5) is 29.3. The Hall–Kier alpha value is -4.26. The molecule has 13 nitrogen and oxygen atoms in total. The van der Waals surface area contributed by atoms with Gasteiger partial charge in [0.15, 0.2) is 23.1 Å². The third kappa shape index (κ3) is 5.83. The van der Waals surface area contributed by atoms with E-state index >= 15 is 0 Å². The first kappa shape index (κ1) is 26.8. The van der Waals surface area contributed by atoms with Gasteiger partial charge in [-0.15, -0.1) is 10.2 Å². The van der Waals surface area contributed by atoms with E-state index in [4.69, 9.17) is 18.9 Å². The highest BCUT2D eigenvalue weighted by molar-refractivity contribution is 5.97. The van der Waals surface area contributed by atoms with Gasteiger partial charge in [0, 0.05) is 25.1 Å². The number of esters is 1. The van der Waals surface area contributed by atoms with E-state index < -0.39 is 5.97 Å². The van der Waals surface area contributed by atoms with Crippen molar-refractivity contribution in [3.8, 4) is 22.9 Å². The highest BCUT2D eigenvalue weighted by atomic mass is 16.6. The van der Waals surface area contributed by atoms with Crippen LogP contribution in [-0.4, -0.2) is 69.9 Å². The summed E-state index contributed by atoms with van der Waals surface area (Å²) in [6.07, 6.45) is 3.17. The second kappa shape index (κ2) is 11.4. The van der Waals surface area contributed by atoms with Crippen LogP contribution in [0.25, 0.3) is 11.4 Å². The molecule has 0 bridgehead atoms. The number of nitrogens with zero attached hydrogens (tertiary/aromatic N) is 5. The van der Waals surface area contributed by atoms with Crippen molar-refractivity contribution >= 4 is 29.1 Å². The lowest BCUT2D eigenvalue weighted by Crippen LogP contribution is -2.38. The van der Waals surface area contributed by atoms with Gasteiger partial charge in [-0.25, -0.2) is 9.78 Å². The zero-order valence-electron chi connectivity index (χ0n) is 20.7. The topological polar surface area (TPSA) is 152 Å². The van der Waals surface area contributed by atoms with Crippen LogP contribution in [0.3, 0.4) is 0 Å². The zero-order valence-corrected chi connectivity index (χ0v) is 20.7. The predicted molar refractivity (Wildman–Crippen MR) is 138 cm³/mol. The lowest BCUT2D eigenvalue weighted by atomic mass is 10.1. The van der Waals surface area contributed by atoms with Crippen LogP contribution < -0.4 is 20.1 Å². The lowest BCUT2D eigenvalue weighted by Gasteiger charge is -2.27. The van der Waals surface area contributed by atoms with Crippen LogP contribution in [0.4, 0.5) is 17.2 Å². The Kier molecular flexibility index (Phi) is 8.05. The minimum Gasteiger partial charge on any atom is -0.494 e. The number of hydrogen-bond donors (Lipinski definition) is 2. The van der Waals surface area contributed by atoms with Crippen LogP contribution in [0.15, 0.2) is 24.5 Å². The highest BCUT2D eigenvalue weighted by Crippen LogP contribution is 2.41. The van der Waals surface area contributed by atoms with E-state index in [-0.39, 0.29) is 49.2 Å². The molecule has 2 fully saturated rings. The summed E-state index contributed by atoms with van der Waals surface area (Å²) in [6.45, 7) is 2.82. The summed E-state index contributed by atoms with van der Waals surface area (Å²) in [5.74, 6) is 0.747. The van der Waals surface area contributed by atoms with Crippen molar-refractivity contribution in [2.24, 2.45) is 13.0 Å². The average molecular weight is 526 g/mol. The normalized spacial score (nSPS) is 14.6. The Morgan fingerprint density at radius 3 is 2.55 bits per heavy atom. The molecule has 0 radical (unpaired) electrons. The first-order valence-electron chi connectivity index (χ1n) is 11.9. The molecule has 1 amide bonds. The monoisotopic (exact) mass is 525 g/mol. The fraction of sp³-hybridized carbons (Fsp3) is 0.440. The molecule has 1 aliphatic heterocycles. The number of aryl methyl sites for hydroxylation is 1. The van der Waals surface area contributed by atoms with E-state index in [1.54, 1.807) is 37.1 Å². The van der Waals surface area contributed by atoms with Gasteiger partial charge in [0.1, 0.15) is 18.2 Å². The molecule has 0 unspecified atom stereocenters. The number of amides is 1. The minimum absolute atomic E-state index is 0. The Bertz CT molecular complexity index is 1320. The molecule has 2 aromatic heterocycles. The largest absolute Gasteiger partial charge is 0.494 e.